The quantitative estimate of drug-likeness (QED) is 0.718. The number of hydrogen-bond acceptors (Lipinski definition) is 6. The molecular weight excluding hydrogens is 372 g/mol. The number of nitrogens with one attached hydrogen (secondary N) is 2. The average molecular weight is 398 g/mol. The van der Waals surface area contributed by atoms with Crippen LogP contribution in [-0.4, -0.2) is 65.6 Å². The third-order valence-electron chi connectivity index (χ3n) is 6.32. The number of amides is 4. The Labute approximate surface area is 169 Å². The second-order valence-corrected chi connectivity index (χ2v) is 8.22. The molecule has 154 valence electrons. The van der Waals surface area contributed by atoms with E-state index in [2.05, 4.69) is 22.5 Å². The van der Waals surface area contributed by atoms with Gasteiger partial charge in [-0.25, -0.2) is 0 Å². The summed E-state index contributed by atoms with van der Waals surface area (Å²) in [6.07, 6.45) is 1.40. The highest BCUT2D eigenvalue weighted by atomic mass is 16.2. The van der Waals surface area contributed by atoms with Crippen molar-refractivity contribution in [2.75, 3.05) is 20.1 Å². The first-order chi connectivity index (χ1) is 13.9. The van der Waals surface area contributed by atoms with Gasteiger partial charge in [0.15, 0.2) is 0 Å². The maximum absolute atomic E-state index is 12.9. The van der Waals surface area contributed by atoms with E-state index in [0.29, 0.717) is 29.6 Å². The second-order valence-electron chi connectivity index (χ2n) is 8.22. The van der Waals surface area contributed by atoms with Gasteiger partial charge in [-0.05, 0) is 50.0 Å². The lowest BCUT2D eigenvalue weighted by Crippen LogP contribution is -2.54. The van der Waals surface area contributed by atoms with E-state index in [1.807, 2.05) is 13.1 Å². The van der Waals surface area contributed by atoms with Crippen LogP contribution < -0.4 is 10.6 Å². The number of imide groups is 2. The molecule has 0 bridgehead atoms. The van der Waals surface area contributed by atoms with E-state index in [0.717, 1.165) is 30.0 Å². The van der Waals surface area contributed by atoms with Gasteiger partial charge in [-0.15, -0.1) is 0 Å². The van der Waals surface area contributed by atoms with Crippen LogP contribution >= 0.6 is 0 Å². The molecule has 3 atom stereocenters. The Morgan fingerprint density at radius 2 is 1.86 bits per heavy atom. The van der Waals surface area contributed by atoms with Crippen molar-refractivity contribution in [3.63, 3.8) is 0 Å². The zero-order valence-electron chi connectivity index (χ0n) is 16.7. The number of piperidine rings is 2. The predicted octanol–water partition coefficient (Wildman–Crippen LogP) is 0.518. The molecule has 0 aromatic heterocycles. The smallest absolute Gasteiger partial charge is 0.262 e. The lowest BCUT2D eigenvalue weighted by molar-refractivity contribution is -0.136. The standard InChI is InChI=1S/C21H26N4O4/c1-12-7-8-24(11-16(12)22-2)10-13-3-4-14-15(9-13)21(29)25(20(14)28)17-5-6-18(26)23-19(17)27/h3-4,9,12,16-17,22H,5-8,10-11H2,1-2H3,(H,23,26,27)/t12-,16+,17?/m1/s1. The van der Waals surface area contributed by atoms with E-state index < -0.39 is 23.8 Å². The summed E-state index contributed by atoms with van der Waals surface area (Å²) in [7, 11) is 1.98. The molecule has 0 radical (unpaired) electrons. The Morgan fingerprint density at radius 1 is 1.10 bits per heavy atom. The molecule has 3 aliphatic heterocycles. The SMILES string of the molecule is CN[C@H]1CN(Cc2ccc3c(c2)C(=O)N(C2CCC(=O)NC2=O)C3=O)CC[C@H]1C. The molecule has 29 heavy (non-hydrogen) atoms. The number of fused-ring (bicyclic) bond motifs is 1. The highest BCUT2D eigenvalue weighted by molar-refractivity contribution is 6.23. The normalized spacial score (nSPS) is 27.9. The molecule has 4 amide bonds. The Bertz CT molecular complexity index is 883. The molecule has 0 aliphatic carbocycles. The highest BCUT2D eigenvalue weighted by Gasteiger charge is 2.44. The Morgan fingerprint density at radius 3 is 2.59 bits per heavy atom. The van der Waals surface area contributed by atoms with E-state index >= 15 is 0 Å². The molecule has 2 fully saturated rings. The van der Waals surface area contributed by atoms with Crippen LogP contribution in [0.15, 0.2) is 18.2 Å². The van der Waals surface area contributed by atoms with Crippen molar-refractivity contribution >= 4 is 23.6 Å². The molecule has 4 rings (SSSR count). The average Bonchev–Trinajstić information content (AvgIpc) is 2.94. The van der Waals surface area contributed by atoms with Gasteiger partial charge in [0.05, 0.1) is 11.1 Å². The molecule has 0 saturated carbocycles. The zero-order valence-corrected chi connectivity index (χ0v) is 16.7. The maximum atomic E-state index is 12.9. The summed E-state index contributed by atoms with van der Waals surface area (Å²) < 4.78 is 0. The number of carbonyl (C=O) groups is 4. The minimum Gasteiger partial charge on any atom is -0.315 e. The minimum absolute atomic E-state index is 0.120. The molecule has 3 heterocycles. The van der Waals surface area contributed by atoms with Crippen molar-refractivity contribution in [1.82, 2.24) is 20.4 Å². The highest BCUT2D eigenvalue weighted by Crippen LogP contribution is 2.29. The topological polar surface area (TPSA) is 98.8 Å². The van der Waals surface area contributed by atoms with Gasteiger partial charge in [-0.1, -0.05) is 13.0 Å². The zero-order chi connectivity index (χ0) is 20.7. The van der Waals surface area contributed by atoms with Gasteiger partial charge in [0, 0.05) is 25.6 Å². The van der Waals surface area contributed by atoms with E-state index in [1.165, 1.54) is 0 Å². The molecular formula is C21H26N4O4. The monoisotopic (exact) mass is 398 g/mol. The number of rotatable bonds is 4. The van der Waals surface area contributed by atoms with Gasteiger partial charge >= 0.3 is 0 Å². The number of carbonyl (C=O) groups excluding carboxylic acids is 4. The van der Waals surface area contributed by atoms with Crippen molar-refractivity contribution in [3.8, 4) is 0 Å². The lowest BCUT2D eigenvalue weighted by atomic mass is 9.93. The van der Waals surface area contributed by atoms with Crippen molar-refractivity contribution < 1.29 is 19.2 Å². The van der Waals surface area contributed by atoms with Gasteiger partial charge in [0.1, 0.15) is 6.04 Å². The van der Waals surface area contributed by atoms with E-state index in [1.54, 1.807) is 12.1 Å². The summed E-state index contributed by atoms with van der Waals surface area (Å²) >= 11 is 0. The van der Waals surface area contributed by atoms with Gasteiger partial charge in [-0.3, -0.25) is 34.3 Å². The van der Waals surface area contributed by atoms with Crippen LogP contribution in [0.4, 0.5) is 0 Å². The molecule has 0 spiro atoms. The molecule has 8 nitrogen and oxygen atoms in total. The minimum atomic E-state index is -0.927. The first-order valence-electron chi connectivity index (χ1n) is 10.1. The van der Waals surface area contributed by atoms with Crippen LogP contribution in [0, 0.1) is 5.92 Å². The third-order valence-corrected chi connectivity index (χ3v) is 6.32. The summed E-state index contributed by atoms with van der Waals surface area (Å²) in [5.41, 5.74) is 1.64. The van der Waals surface area contributed by atoms with Crippen LogP contribution in [-0.2, 0) is 16.1 Å². The summed E-state index contributed by atoms with van der Waals surface area (Å²) in [4.78, 5) is 52.6. The second kappa shape index (κ2) is 7.68. The fraction of sp³-hybridized carbons (Fsp3) is 0.524. The van der Waals surface area contributed by atoms with Crippen LogP contribution in [0.5, 0.6) is 0 Å². The van der Waals surface area contributed by atoms with Gasteiger partial charge < -0.3 is 5.32 Å². The Hall–Kier alpha value is -2.58. The van der Waals surface area contributed by atoms with Crippen LogP contribution in [0.2, 0.25) is 0 Å². The fourth-order valence-corrected chi connectivity index (χ4v) is 4.53. The van der Waals surface area contributed by atoms with Crippen molar-refractivity contribution in [1.29, 1.82) is 0 Å². The number of nitrogens with zero attached hydrogens (tertiary/aromatic N) is 2. The summed E-state index contributed by atoms with van der Waals surface area (Å²) in [6.45, 7) is 4.88. The van der Waals surface area contributed by atoms with Gasteiger partial charge in [0.2, 0.25) is 11.8 Å². The van der Waals surface area contributed by atoms with E-state index in [4.69, 9.17) is 0 Å². The third kappa shape index (κ3) is 3.58. The molecule has 2 N–H and O–H groups in total. The van der Waals surface area contributed by atoms with Crippen molar-refractivity contribution in [3.05, 3.63) is 34.9 Å². The van der Waals surface area contributed by atoms with Gasteiger partial charge in [-0.2, -0.15) is 0 Å². The van der Waals surface area contributed by atoms with E-state index in [9.17, 15) is 19.2 Å². The fourth-order valence-electron chi connectivity index (χ4n) is 4.53. The van der Waals surface area contributed by atoms with Crippen LogP contribution in [0.3, 0.4) is 0 Å². The maximum Gasteiger partial charge on any atom is 0.262 e. The lowest BCUT2D eigenvalue weighted by Gasteiger charge is -2.37. The Kier molecular flexibility index (Phi) is 5.23. The molecule has 3 aliphatic rings. The molecule has 2 saturated heterocycles. The molecule has 1 aromatic rings. The Balaban J connectivity index is 1.51. The summed E-state index contributed by atoms with van der Waals surface area (Å²) in [6, 6.07) is 4.84. The first kappa shape index (κ1) is 19.7. The van der Waals surface area contributed by atoms with Gasteiger partial charge in [0.25, 0.3) is 11.8 Å². The first-order valence-corrected chi connectivity index (χ1v) is 10.1. The largest absolute Gasteiger partial charge is 0.315 e. The molecule has 1 aromatic carbocycles. The molecule has 1 unspecified atom stereocenters. The predicted molar refractivity (Wildman–Crippen MR) is 105 cm³/mol. The number of benzene rings is 1. The number of likely N-dealkylation sites (tertiary alicyclic amines) is 1. The summed E-state index contributed by atoms with van der Waals surface area (Å²) in [5, 5.41) is 5.58. The number of hydrogen-bond donors (Lipinski definition) is 2. The van der Waals surface area contributed by atoms with Crippen LogP contribution in [0.1, 0.15) is 52.5 Å². The van der Waals surface area contributed by atoms with Crippen molar-refractivity contribution in [2.45, 2.75) is 44.8 Å². The molecule has 8 heteroatoms. The van der Waals surface area contributed by atoms with Crippen LogP contribution in [0.25, 0.3) is 0 Å². The van der Waals surface area contributed by atoms with Crippen molar-refractivity contribution in [2.24, 2.45) is 5.92 Å². The summed E-state index contributed by atoms with van der Waals surface area (Å²) in [5.74, 6) is -1.26. The number of likely N-dealkylation sites (N-methyl/N-ethyl adjacent to an activating group) is 1. The van der Waals surface area contributed by atoms with E-state index in [-0.39, 0.29) is 18.7 Å².